The van der Waals surface area contributed by atoms with Gasteiger partial charge in [-0.2, -0.15) is 0 Å². The number of sulfonamides is 1. The Bertz CT molecular complexity index is 645. The van der Waals surface area contributed by atoms with Crippen LogP contribution in [-0.4, -0.2) is 63.6 Å². The summed E-state index contributed by atoms with van der Waals surface area (Å²) in [7, 11) is -0.687. The average molecular weight is 327 g/mol. The SMILES string of the molecule is CN(C)S(=O)(=O)c1cccc(C(=O)NCC2CNCC2O)c1. The second kappa shape index (κ2) is 6.74. The van der Waals surface area contributed by atoms with Gasteiger partial charge in [-0.3, -0.25) is 4.79 Å². The van der Waals surface area contributed by atoms with Crippen molar-refractivity contribution < 1.29 is 18.3 Å². The van der Waals surface area contributed by atoms with Gasteiger partial charge in [0.05, 0.1) is 11.0 Å². The molecule has 3 N–H and O–H groups in total. The third-order valence-corrected chi connectivity index (χ3v) is 5.51. The summed E-state index contributed by atoms with van der Waals surface area (Å²) < 4.78 is 25.2. The highest BCUT2D eigenvalue weighted by molar-refractivity contribution is 7.89. The molecule has 2 rings (SSSR count). The molecular formula is C14H21N3O4S. The van der Waals surface area contributed by atoms with Crippen LogP contribution in [0.4, 0.5) is 0 Å². The Morgan fingerprint density at radius 3 is 2.73 bits per heavy atom. The summed E-state index contributed by atoms with van der Waals surface area (Å²) in [4.78, 5) is 12.2. The first-order valence-electron chi connectivity index (χ1n) is 7.02. The van der Waals surface area contributed by atoms with Crippen molar-refractivity contribution in [1.29, 1.82) is 0 Å². The lowest BCUT2D eigenvalue weighted by atomic mass is 10.1. The Hall–Kier alpha value is -1.48. The molecule has 1 aliphatic heterocycles. The van der Waals surface area contributed by atoms with Crippen molar-refractivity contribution >= 4 is 15.9 Å². The first-order valence-corrected chi connectivity index (χ1v) is 8.46. The fourth-order valence-corrected chi connectivity index (χ4v) is 3.21. The van der Waals surface area contributed by atoms with Crippen molar-refractivity contribution in [2.75, 3.05) is 33.7 Å². The van der Waals surface area contributed by atoms with E-state index in [0.29, 0.717) is 19.6 Å². The third kappa shape index (κ3) is 3.64. The molecule has 1 saturated heterocycles. The van der Waals surface area contributed by atoms with Crippen LogP contribution in [0.25, 0.3) is 0 Å². The van der Waals surface area contributed by atoms with Gasteiger partial charge in [-0.25, -0.2) is 12.7 Å². The van der Waals surface area contributed by atoms with E-state index in [0.717, 1.165) is 4.31 Å². The van der Waals surface area contributed by atoms with Crippen LogP contribution < -0.4 is 10.6 Å². The molecule has 0 aliphatic carbocycles. The molecule has 1 aromatic rings. The minimum Gasteiger partial charge on any atom is -0.391 e. The van der Waals surface area contributed by atoms with Crippen molar-refractivity contribution in [2.45, 2.75) is 11.0 Å². The van der Waals surface area contributed by atoms with Crippen LogP contribution in [0.5, 0.6) is 0 Å². The number of nitrogens with one attached hydrogen (secondary N) is 2. The van der Waals surface area contributed by atoms with Gasteiger partial charge < -0.3 is 15.7 Å². The van der Waals surface area contributed by atoms with Gasteiger partial charge in [0.1, 0.15) is 0 Å². The molecule has 1 aromatic carbocycles. The zero-order valence-electron chi connectivity index (χ0n) is 12.6. The van der Waals surface area contributed by atoms with Crippen LogP contribution in [0.1, 0.15) is 10.4 Å². The zero-order chi connectivity index (χ0) is 16.3. The highest BCUT2D eigenvalue weighted by Gasteiger charge is 2.25. The molecule has 0 spiro atoms. The highest BCUT2D eigenvalue weighted by Crippen LogP contribution is 2.15. The van der Waals surface area contributed by atoms with Crippen molar-refractivity contribution in [3.05, 3.63) is 29.8 Å². The lowest BCUT2D eigenvalue weighted by molar-refractivity contribution is 0.0927. The van der Waals surface area contributed by atoms with E-state index in [1.54, 1.807) is 6.07 Å². The van der Waals surface area contributed by atoms with Crippen LogP contribution in [0, 0.1) is 5.92 Å². The molecule has 1 aliphatic rings. The monoisotopic (exact) mass is 327 g/mol. The number of β-amino-alcohol motifs (C(OH)–C–C–N with tert-alkyl or cyclic N) is 1. The average Bonchev–Trinajstić information content (AvgIpc) is 2.90. The van der Waals surface area contributed by atoms with Crippen molar-refractivity contribution in [3.63, 3.8) is 0 Å². The molecule has 7 nitrogen and oxygen atoms in total. The highest BCUT2D eigenvalue weighted by atomic mass is 32.2. The molecule has 0 bridgehead atoms. The minimum absolute atomic E-state index is 0.0300. The van der Waals surface area contributed by atoms with Crippen LogP contribution in [-0.2, 0) is 10.0 Å². The Balaban J connectivity index is 2.07. The second-order valence-electron chi connectivity index (χ2n) is 5.51. The fourth-order valence-electron chi connectivity index (χ4n) is 2.26. The van der Waals surface area contributed by atoms with E-state index < -0.39 is 16.1 Å². The Morgan fingerprint density at radius 2 is 2.14 bits per heavy atom. The number of rotatable bonds is 5. The van der Waals surface area contributed by atoms with Gasteiger partial charge >= 0.3 is 0 Å². The van der Waals surface area contributed by atoms with Crippen LogP contribution >= 0.6 is 0 Å². The number of aliphatic hydroxyl groups is 1. The zero-order valence-corrected chi connectivity index (χ0v) is 13.4. The summed E-state index contributed by atoms with van der Waals surface area (Å²) in [6.45, 7) is 1.52. The first kappa shape index (κ1) is 16.9. The smallest absolute Gasteiger partial charge is 0.251 e. The van der Waals surface area contributed by atoms with E-state index in [1.165, 1.54) is 32.3 Å². The predicted octanol–water partition coefficient (Wildman–Crippen LogP) is -0.753. The largest absolute Gasteiger partial charge is 0.391 e. The van der Waals surface area contributed by atoms with Gasteiger partial charge in [0, 0.05) is 45.2 Å². The maximum absolute atomic E-state index is 12.1. The lowest BCUT2D eigenvalue weighted by Crippen LogP contribution is -2.34. The molecule has 1 fully saturated rings. The van der Waals surface area contributed by atoms with Gasteiger partial charge in [0.2, 0.25) is 10.0 Å². The van der Waals surface area contributed by atoms with Crippen molar-refractivity contribution in [3.8, 4) is 0 Å². The molecule has 0 aromatic heterocycles. The molecule has 2 unspecified atom stereocenters. The molecule has 1 amide bonds. The number of carbonyl (C=O) groups is 1. The number of carbonyl (C=O) groups excluding carboxylic acids is 1. The van der Waals surface area contributed by atoms with E-state index in [4.69, 9.17) is 0 Å². The number of benzene rings is 1. The van der Waals surface area contributed by atoms with Crippen LogP contribution in [0.2, 0.25) is 0 Å². The molecule has 122 valence electrons. The Morgan fingerprint density at radius 1 is 1.41 bits per heavy atom. The molecule has 0 saturated carbocycles. The van der Waals surface area contributed by atoms with E-state index in [9.17, 15) is 18.3 Å². The molecule has 2 atom stereocenters. The summed E-state index contributed by atoms with van der Waals surface area (Å²) >= 11 is 0. The molecule has 8 heteroatoms. The van der Waals surface area contributed by atoms with E-state index in [1.807, 2.05) is 0 Å². The predicted molar refractivity (Wildman–Crippen MR) is 82.0 cm³/mol. The fraction of sp³-hybridized carbons (Fsp3) is 0.500. The van der Waals surface area contributed by atoms with Gasteiger partial charge in [-0.15, -0.1) is 0 Å². The maximum Gasteiger partial charge on any atom is 0.251 e. The first-order chi connectivity index (χ1) is 10.3. The standard InChI is InChI=1S/C14H21N3O4S/c1-17(2)22(20,21)12-5-3-4-10(6-12)14(19)16-8-11-7-15-9-13(11)18/h3-6,11,13,15,18H,7-9H2,1-2H3,(H,16,19). The van der Waals surface area contributed by atoms with Gasteiger partial charge in [0.25, 0.3) is 5.91 Å². The lowest BCUT2D eigenvalue weighted by Gasteiger charge is -2.15. The third-order valence-electron chi connectivity index (χ3n) is 3.70. The van der Waals surface area contributed by atoms with E-state index in [-0.39, 0.29) is 22.3 Å². The van der Waals surface area contributed by atoms with Crippen LogP contribution in [0.3, 0.4) is 0 Å². The van der Waals surface area contributed by atoms with E-state index >= 15 is 0 Å². The Labute approximate surface area is 130 Å². The number of amides is 1. The van der Waals surface area contributed by atoms with Crippen LogP contribution in [0.15, 0.2) is 29.2 Å². The van der Waals surface area contributed by atoms with Gasteiger partial charge in [-0.05, 0) is 18.2 Å². The quantitative estimate of drug-likeness (QED) is 0.661. The van der Waals surface area contributed by atoms with Crippen molar-refractivity contribution in [2.24, 2.45) is 5.92 Å². The number of hydrogen-bond acceptors (Lipinski definition) is 5. The number of nitrogens with zero attached hydrogens (tertiary/aromatic N) is 1. The summed E-state index contributed by atoms with van der Waals surface area (Å²) in [5.74, 6) is -0.382. The number of hydrogen-bond donors (Lipinski definition) is 3. The maximum atomic E-state index is 12.1. The van der Waals surface area contributed by atoms with E-state index in [2.05, 4.69) is 10.6 Å². The summed E-state index contributed by atoms with van der Waals surface area (Å²) in [5.41, 5.74) is 0.281. The summed E-state index contributed by atoms with van der Waals surface area (Å²) in [6.07, 6.45) is -0.472. The van der Waals surface area contributed by atoms with Crippen molar-refractivity contribution in [1.82, 2.24) is 14.9 Å². The molecule has 1 heterocycles. The second-order valence-corrected chi connectivity index (χ2v) is 7.66. The Kier molecular flexibility index (Phi) is 5.17. The molecule has 22 heavy (non-hydrogen) atoms. The molecule has 0 radical (unpaired) electrons. The normalized spacial score (nSPS) is 22.0. The topological polar surface area (TPSA) is 98.7 Å². The molecular weight excluding hydrogens is 306 g/mol. The minimum atomic E-state index is -3.57. The summed E-state index contributed by atoms with van der Waals surface area (Å²) in [5, 5.41) is 15.5. The summed E-state index contributed by atoms with van der Waals surface area (Å²) in [6, 6.07) is 5.91. The van der Waals surface area contributed by atoms with Gasteiger partial charge in [-0.1, -0.05) is 6.07 Å². The van der Waals surface area contributed by atoms with Gasteiger partial charge in [0.15, 0.2) is 0 Å². The number of aliphatic hydroxyl groups excluding tert-OH is 1.